The summed E-state index contributed by atoms with van der Waals surface area (Å²) in [5.41, 5.74) is 0. The third-order valence-corrected chi connectivity index (χ3v) is 1.11. The normalized spacial score (nSPS) is 16.3. The third kappa shape index (κ3) is 3.56. The first kappa shape index (κ1) is 9.56. The lowest BCUT2D eigenvalue weighted by atomic mass is 10.3. The number of alkyl halides is 2. The lowest BCUT2D eigenvalue weighted by Crippen LogP contribution is -2.17. The van der Waals surface area contributed by atoms with Gasteiger partial charge in [-0.15, -0.1) is 6.58 Å². The van der Waals surface area contributed by atoms with Gasteiger partial charge in [-0.25, -0.2) is 8.78 Å². The first-order valence-corrected chi connectivity index (χ1v) is 3.22. The molecule has 3 heteroatoms. The van der Waals surface area contributed by atoms with Crippen molar-refractivity contribution < 1.29 is 13.5 Å². The van der Waals surface area contributed by atoms with Crippen molar-refractivity contribution in [2.45, 2.75) is 25.8 Å². The van der Waals surface area contributed by atoms with Crippen LogP contribution in [0, 0.1) is 0 Å². The van der Waals surface area contributed by atoms with Crippen LogP contribution in [0.1, 0.15) is 13.3 Å². The predicted octanol–water partition coefficient (Wildman–Crippen LogP) is 2.23. The summed E-state index contributed by atoms with van der Waals surface area (Å²) in [5.74, 6) is 0. The van der Waals surface area contributed by atoms with Gasteiger partial charge in [-0.2, -0.15) is 0 Å². The van der Waals surface area contributed by atoms with Crippen molar-refractivity contribution in [1.29, 1.82) is 0 Å². The molecule has 0 aromatic heterocycles. The van der Waals surface area contributed by atoms with Crippen LogP contribution in [0.15, 0.2) is 12.7 Å². The van der Waals surface area contributed by atoms with E-state index >= 15 is 0 Å². The van der Waals surface area contributed by atoms with E-state index in [0.29, 0.717) is 6.42 Å². The zero-order valence-electron chi connectivity index (χ0n) is 6.02. The molecule has 0 aromatic carbocycles. The minimum Gasteiger partial charge on any atom is -0.339 e. The fraction of sp³-hybridized carbons (Fsp3) is 0.714. The Morgan fingerprint density at radius 1 is 1.70 bits per heavy atom. The standard InChI is InChI=1S/C7H12F2O/c1-3-6(4-2)10-7(9)5-8/h3,6-7H,1,4-5H2,2H3. The molecule has 0 aromatic rings. The van der Waals surface area contributed by atoms with E-state index in [1.807, 2.05) is 6.92 Å². The van der Waals surface area contributed by atoms with Crippen LogP contribution in [0.3, 0.4) is 0 Å². The minimum absolute atomic E-state index is 0.370. The van der Waals surface area contributed by atoms with Gasteiger partial charge < -0.3 is 4.74 Å². The number of rotatable bonds is 5. The third-order valence-electron chi connectivity index (χ3n) is 1.11. The zero-order valence-corrected chi connectivity index (χ0v) is 6.02. The monoisotopic (exact) mass is 150 g/mol. The molecule has 0 aliphatic rings. The minimum atomic E-state index is -1.80. The molecule has 0 fully saturated rings. The molecular formula is C7H12F2O. The van der Waals surface area contributed by atoms with Crippen molar-refractivity contribution in [1.82, 2.24) is 0 Å². The second kappa shape index (κ2) is 5.35. The second-order valence-electron chi connectivity index (χ2n) is 1.88. The average Bonchev–Trinajstić information content (AvgIpc) is 1.99. The van der Waals surface area contributed by atoms with Gasteiger partial charge in [-0.05, 0) is 6.42 Å². The molecule has 0 N–H and O–H groups in total. The van der Waals surface area contributed by atoms with Crippen LogP contribution >= 0.6 is 0 Å². The summed E-state index contributed by atoms with van der Waals surface area (Å²) in [7, 11) is 0. The van der Waals surface area contributed by atoms with Gasteiger partial charge in [-0.3, -0.25) is 0 Å². The van der Waals surface area contributed by atoms with E-state index in [4.69, 9.17) is 0 Å². The molecule has 2 unspecified atom stereocenters. The molecule has 0 saturated heterocycles. The summed E-state index contributed by atoms with van der Waals surface area (Å²) in [6.07, 6.45) is -0.0969. The Labute approximate surface area is 59.7 Å². The van der Waals surface area contributed by atoms with Crippen molar-refractivity contribution in [2.75, 3.05) is 6.67 Å². The molecule has 0 heterocycles. The summed E-state index contributed by atoms with van der Waals surface area (Å²) < 4.78 is 28.1. The molecule has 0 amide bonds. The van der Waals surface area contributed by atoms with Crippen LogP contribution in [0.25, 0.3) is 0 Å². The van der Waals surface area contributed by atoms with E-state index < -0.39 is 13.0 Å². The van der Waals surface area contributed by atoms with E-state index in [0.717, 1.165) is 0 Å². The summed E-state index contributed by atoms with van der Waals surface area (Å²) in [6.45, 7) is 4.13. The van der Waals surface area contributed by atoms with Gasteiger partial charge in [0.05, 0.1) is 6.10 Å². The van der Waals surface area contributed by atoms with Gasteiger partial charge >= 0.3 is 0 Å². The van der Waals surface area contributed by atoms with Gasteiger partial charge in [0, 0.05) is 0 Å². The molecule has 0 bridgehead atoms. The Morgan fingerprint density at radius 3 is 2.60 bits per heavy atom. The highest BCUT2D eigenvalue weighted by Crippen LogP contribution is 2.04. The van der Waals surface area contributed by atoms with Crippen molar-refractivity contribution in [3.8, 4) is 0 Å². The van der Waals surface area contributed by atoms with Crippen LogP contribution in [-0.2, 0) is 4.74 Å². The van der Waals surface area contributed by atoms with E-state index in [9.17, 15) is 8.78 Å². The Morgan fingerprint density at radius 2 is 2.30 bits per heavy atom. The molecule has 0 saturated carbocycles. The highest BCUT2D eigenvalue weighted by molar-refractivity contribution is 4.78. The highest BCUT2D eigenvalue weighted by atomic mass is 19.2. The first-order valence-electron chi connectivity index (χ1n) is 3.22. The lowest BCUT2D eigenvalue weighted by molar-refractivity contribution is -0.0793. The molecule has 10 heavy (non-hydrogen) atoms. The Balaban J connectivity index is 3.51. The summed E-state index contributed by atoms with van der Waals surface area (Å²) in [4.78, 5) is 0. The molecule has 0 spiro atoms. The number of hydrogen-bond donors (Lipinski definition) is 0. The molecule has 0 aliphatic carbocycles. The zero-order chi connectivity index (χ0) is 7.98. The van der Waals surface area contributed by atoms with Crippen molar-refractivity contribution in [2.24, 2.45) is 0 Å². The van der Waals surface area contributed by atoms with Crippen molar-refractivity contribution in [3.05, 3.63) is 12.7 Å². The molecule has 0 rings (SSSR count). The van der Waals surface area contributed by atoms with Crippen molar-refractivity contribution >= 4 is 0 Å². The van der Waals surface area contributed by atoms with E-state index in [2.05, 4.69) is 11.3 Å². The first-order chi connectivity index (χ1) is 4.74. The predicted molar refractivity (Wildman–Crippen MR) is 36.2 cm³/mol. The summed E-state index contributed by atoms with van der Waals surface area (Å²) >= 11 is 0. The van der Waals surface area contributed by atoms with Crippen LogP contribution in [0.4, 0.5) is 8.78 Å². The Hall–Kier alpha value is -0.440. The van der Waals surface area contributed by atoms with Gasteiger partial charge in [0.15, 0.2) is 0 Å². The maximum Gasteiger partial charge on any atom is 0.228 e. The Bertz CT molecular complexity index is 95.6. The van der Waals surface area contributed by atoms with E-state index in [1.54, 1.807) is 0 Å². The van der Waals surface area contributed by atoms with E-state index in [1.165, 1.54) is 6.08 Å². The maximum atomic E-state index is 12.1. The number of halogens is 2. The van der Waals surface area contributed by atoms with E-state index in [-0.39, 0.29) is 6.10 Å². The summed E-state index contributed by atoms with van der Waals surface area (Å²) in [6, 6.07) is 0. The second-order valence-corrected chi connectivity index (χ2v) is 1.88. The highest BCUT2D eigenvalue weighted by Gasteiger charge is 2.10. The fourth-order valence-corrected chi connectivity index (χ4v) is 0.544. The smallest absolute Gasteiger partial charge is 0.228 e. The van der Waals surface area contributed by atoms with Gasteiger partial charge in [-0.1, -0.05) is 13.0 Å². The topological polar surface area (TPSA) is 9.23 Å². The largest absolute Gasteiger partial charge is 0.339 e. The number of ether oxygens (including phenoxy) is 1. The number of hydrogen-bond acceptors (Lipinski definition) is 1. The van der Waals surface area contributed by atoms with Crippen LogP contribution in [0.5, 0.6) is 0 Å². The van der Waals surface area contributed by atoms with Gasteiger partial charge in [0.1, 0.15) is 6.67 Å². The molecule has 0 radical (unpaired) electrons. The fourth-order valence-electron chi connectivity index (χ4n) is 0.544. The Kier molecular flexibility index (Phi) is 5.12. The molecule has 1 nitrogen and oxygen atoms in total. The quantitative estimate of drug-likeness (QED) is 0.546. The van der Waals surface area contributed by atoms with Crippen LogP contribution in [-0.4, -0.2) is 19.1 Å². The van der Waals surface area contributed by atoms with Gasteiger partial charge in [0.2, 0.25) is 6.36 Å². The van der Waals surface area contributed by atoms with Gasteiger partial charge in [0.25, 0.3) is 0 Å². The van der Waals surface area contributed by atoms with Crippen LogP contribution < -0.4 is 0 Å². The summed E-state index contributed by atoms with van der Waals surface area (Å²) in [5, 5.41) is 0. The van der Waals surface area contributed by atoms with Crippen molar-refractivity contribution in [3.63, 3.8) is 0 Å². The average molecular weight is 150 g/mol. The molecular weight excluding hydrogens is 138 g/mol. The molecule has 0 aliphatic heterocycles. The SMILES string of the molecule is C=CC(CC)OC(F)CF. The molecule has 2 atom stereocenters. The maximum absolute atomic E-state index is 12.1. The van der Waals surface area contributed by atoms with Crippen LogP contribution in [0.2, 0.25) is 0 Å². The lowest BCUT2D eigenvalue weighted by Gasteiger charge is -2.12. The molecule has 60 valence electrons.